The summed E-state index contributed by atoms with van der Waals surface area (Å²) in [6, 6.07) is 7.45. The maximum absolute atomic E-state index is 11.9. The molecule has 0 radical (unpaired) electrons. The lowest BCUT2D eigenvalue weighted by atomic mass is 10.1. The minimum atomic E-state index is -1.03. The standard InChI is InChI=1S/C17H18BrNO4/c1-10-7-12(3-5-15(10)18)4-6-16(20)19-9-13-8-14(17(21)22)11(2)23-13/h3,5,7-8H,4,6,9H2,1-2H3,(H,19,20)(H,21,22). The average Bonchev–Trinajstić information content (AvgIpc) is 2.87. The number of nitrogens with one attached hydrogen (secondary N) is 1. The van der Waals surface area contributed by atoms with Crippen molar-refractivity contribution in [3.8, 4) is 0 Å². The number of carboxylic acids is 1. The molecule has 2 rings (SSSR count). The van der Waals surface area contributed by atoms with E-state index in [4.69, 9.17) is 9.52 Å². The highest BCUT2D eigenvalue weighted by atomic mass is 79.9. The molecular weight excluding hydrogens is 362 g/mol. The number of hydrogen-bond donors (Lipinski definition) is 2. The summed E-state index contributed by atoms with van der Waals surface area (Å²) in [5, 5.41) is 11.7. The molecule has 1 heterocycles. The summed E-state index contributed by atoms with van der Waals surface area (Å²) in [7, 11) is 0. The van der Waals surface area contributed by atoms with Crippen LogP contribution in [0, 0.1) is 13.8 Å². The first kappa shape index (κ1) is 17.3. The normalized spacial score (nSPS) is 10.6. The van der Waals surface area contributed by atoms with Crippen molar-refractivity contribution >= 4 is 27.8 Å². The van der Waals surface area contributed by atoms with Crippen LogP contribution in [0.25, 0.3) is 0 Å². The molecule has 0 aliphatic heterocycles. The third-order valence-corrected chi connectivity index (χ3v) is 4.41. The molecule has 23 heavy (non-hydrogen) atoms. The second-order valence-electron chi connectivity index (χ2n) is 5.35. The largest absolute Gasteiger partial charge is 0.478 e. The minimum absolute atomic E-state index is 0.100. The average molecular weight is 380 g/mol. The Hall–Kier alpha value is -2.08. The Morgan fingerprint density at radius 3 is 2.61 bits per heavy atom. The first-order chi connectivity index (χ1) is 10.9. The van der Waals surface area contributed by atoms with E-state index in [0.717, 1.165) is 15.6 Å². The Morgan fingerprint density at radius 1 is 1.26 bits per heavy atom. The molecule has 0 spiro atoms. The van der Waals surface area contributed by atoms with Gasteiger partial charge in [0.1, 0.15) is 17.1 Å². The maximum Gasteiger partial charge on any atom is 0.339 e. The molecule has 0 unspecified atom stereocenters. The number of rotatable bonds is 6. The number of aryl methyl sites for hydroxylation is 3. The van der Waals surface area contributed by atoms with E-state index in [0.29, 0.717) is 24.4 Å². The van der Waals surface area contributed by atoms with E-state index in [1.54, 1.807) is 6.92 Å². The highest BCUT2D eigenvalue weighted by Gasteiger charge is 2.14. The van der Waals surface area contributed by atoms with Gasteiger partial charge >= 0.3 is 5.97 Å². The molecule has 122 valence electrons. The first-order valence-electron chi connectivity index (χ1n) is 7.21. The van der Waals surface area contributed by atoms with Crippen LogP contribution >= 0.6 is 15.9 Å². The predicted molar refractivity (Wildman–Crippen MR) is 89.5 cm³/mol. The van der Waals surface area contributed by atoms with E-state index >= 15 is 0 Å². The first-order valence-corrected chi connectivity index (χ1v) is 8.00. The van der Waals surface area contributed by atoms with E-state index in [9.17, 15) is 9.59 Å². The summed E-state index contributed by atoms with van der Waals surface area (Å²) in [6.07, 6.45) is 1.02. The van der Waals surface area contributed by atoms with Crippen molar-refractivity contribution in [1.82, 2.24) is 5.32 Å². The number of amides is 1. The number of carbonyl (C=O) groups is 2. The van der Waals surface area contributed by atoms with Crippen LogP contribution in [0.15, 0.2) is 33.2 Å². The number of aromatic carboxylic acids is 1. The molecule has 5 nitrogen and oxygen atoms in total. The third kappa shape index (κ3) is 4.69. The van der Waals surface area contributed by atoms with Crippen LogP contribution in [0.1, 0.15) is 39.4 Å². The molecule has 6 heteroatoms. The lowest BCUT2D eigenvalue weighted by Gasteiger charge is -2.05. The second kappa shape index (κ2) is 7.46. The van der Waals surface area contributed by atoms with Gasteiger partial charge in [0.25, 0.3) is 0 Å². The molecule has 0 fully saturated rings. The van der Waals surface area contributed by atoms with E-state index in [-0.39, 0.29) is 18.0 Å². The van der Waals surface area contributed by atoms with E-state index in [2.05, 4.69) is 21.2 Å². The lowest BCUT2D eigenvalue weighted by molar-refractivity contribution is -0.121. The number of halogens is 1. The summed E-state index contributed by atoms with van der Waals surface area (Å²) in [5.74, 6) is -0.356. The van der Waals surface area contributed by atoms with Crippen molar-refractivity contribution in [2.45, 2.75) is 33.2 Å². The van der Waals surface area contributed by atoms with Gasteiger partial charge in [-0.3, -0.25) is 4.79 Å². The molecule has 2 aromatic rings. The van der Waals surface area contributed by atoms with E-state index < -0.39 is 5.97 Å². The molecule has 1 amide bonds. The fraction of sp³-hybridized carbons (Fsp3) is 0.294. The molecule has 0 aliphatic rings. The number of carbonyl (C=O) groups excluding carboxylic acids is 1. The van der Waals surface area contributed by atoms with E-state index in [1.165, 1.54) is 6.07 Å². The SMILES string of the molecule is Cc1cc(CCC(=O)NCc2cc(C(=O)O)c(C)o2)ccc1Br. The summed E-state index contributed by atoms with van der Waals surface area (Å²) >= 11 is 3.45. The minimum Gasteiger partial charge on any atom is -0.478 e. The van der Waals surface area contributed by atoms with Gasteiger partial charge in [0.15, 0.2) is 0 Å². The topological polar surface area (TPSA) is 79.5 Å². The maximum atomic E-state index is 11.9. The fourth-order valence-electron chi connectivity index (χ4n) is 2.24. The van der Waals surface area contributed by atoms with E-state index in [1.807, 2.05) is 25.1 Å². The van der Waals surface area contributed by atoms with Crippen molar-refractivity contribution in [3.63, 3.8) is 0 Å². The fourth-order valence-corrected chi connectivity index (χ4v) is 2.48. The zero-order valence-corrected chi connectivity index (χ0v) is 14.6. The van der Waals surface area contributed by atoms with Crippen molar-refractivity contribution in [3.05, 3.63) is 56.9 Å². The molecule has 1 aromatic heterocycles. The van der Waals surface area contributed by atoms with Gasteiger partial charge in [-0.25, -0.2) is 4.79 Å². The quantitative estimate of drug-likeness (QED) is 0.803. The molecule has 0 bridgehead atoms. The van der Waals surface area contributed by atoms with Crippen LogP contribution in [-0.4, -0.2) is 17.0 Å². The van der Waals surface area contributed by atoms with Crippen LogP contribution in [0.3, 0.4) is 0 Å². The molecule has 1 aromatic carbocycles. The number of carboxylic acid groups (broad SMARTS) is 1. The van der Waals surface area contributed by atoms with Crippen LogP contribution < -0.4 is 5.32 Å². The van der Waals surface area contributed by atoms with Gasteiger partial charge in [-0.2, -0.15) is 0 Å². The Kier molecular flexibility index (Phi) is 5.60. The molecule has 0 aliphatic carbocycles. The Bertz CT molecular complexity index is 736. The van der Waals surface area contributed by atoms with Gasteiger partial charge in [0, 0.05) is 10.9 Å². The van der Waals surface area contributed by atoms with Crippen LogP contribution in [0.2, 0.25) is 0 Å². The van der Waals surface area contributed by atoms with Gasteiger partial charge in [-0.05, 0) is 43.5 Å². The lowest BCUT2D eigenvalue weighted by Crippen LogP contribution is -2.22. The highest BCUT2D eigenvalue weighted by Crippen LogP contribution is 2.18. The second-order valence-corrected chi connectivity index (χ2v) is 6.20. The molecule has 0 saturated carbocycles. The number of furan rings is 1. The zero-order chi connectivity index (χ0) is 17.0. The summed E-state index contributed by atoms with van der Waals surface area (Å²) in [4.78, 5) is 22.8. The number of benzene rings is 1. The number of hydrogen-bond acceptors (Lipinski definition) is 3. The third-order valence-electron chi connectivity index (χ3n) is 3.52. The van der Waals surface area contributed by atoms with Crippen molar-refractivity contribution < 1.29 is 19.1 Å². The summed E-state index contributed by atoms with van der Waals surface area (Å²) in [6.45, 7) is 3.78. The van der Waals surface area contributed by atoms with Crippen molar-refractivity contribution in [2.75, 3.05) is 0 Å². The smallest absolute Gasteiger partial charge is 0.339 e. The molecule has 2 N–H and O–H groups in total. The van der Waals surface area contributed by atoms with Gasteiger partial charge in [-0.1, -0.05) is 28.1 Å². The molecular formula is C17H18BrNO4. The van der Waals surface area contributed by atoms with Gasteiger partial charge < -0.3 is 14.8 Å². The van der Waals surface area contributed by atoms with Crippen LogP contribution in [0.5, 0.6) is 0 Å². The van der Waals surface area contributed by atoms with Crippen molar-refractivity contribution in [1.29, 1.82) is 0 Å². The summed E-state index contributed by atoms with van der Waals surface area (Å²) < 4.78 is 6.37. The molecule has 0 atom stereocenters. The monoisotopic (exact) mass is 379 g/mol. The zero-order valence-electron chi connectivity index (χ0n) is 13.0. The highest BCUT2D eigenvalue weighted by molar-refractivity contribution is 9.10. The van der Waals surface area contributed by atoms with Crippen molar-refractivity contribution in [2.24, 2.45) is 0 Å². The summed E-state index contributed by atoms with van der Waals surface area (Å²) in [5.41, 5.74) is 2.36. The predicted octanol–water partition coefficient (Wildman–Crippen LogP) is 3.61. The van der Waals surface area contributed by atoms with Gasteiger partial charge in [0.05, 0.1) is 6.54 Å². The Morgan fingerprint density at radius 2 is 2.00 bits per heavy atom. The van der Waals surface area contributed by atoms with Crippen LogP contribution in [-0.2, 0) is 17.8 Å². The Labute approximate surface area is 142 Å². The van der Waals surface area contributed by atoms with Gasteiger partial charge in [-0.15, -0.1) is 0 Å². The Balaban J connectivity index is 1.84. The van der Waals surface area contributed by atoms with Gasteiger partial charge in [0.2, 0.25) is 5.91 Å². The van der Waals surface area contributed by atoms with Crippen LogP contribution in [0.4, 0.5) is 0 Å². The molecule has 0 saturated heterocycles.